The molecule has 132 valence electrons. The highest BCUT2D eigenvalue weighted by molar-refractivity contribution is 5.65. The first-order valence-corrected chi connectivity index (χ1v) is 7.92. The molecule has 1 aliphatic carbocycles. The average Bonchev–Trinajstić information content (AvgIpc) is 2.50. The summed E-state index contributed by atoms with van der Waals surface area (Å²) in [5.41, 5.74) is -0.771. The first kappa shape index (κ1) is 16.9. The second-order valence-electron chi connectivity index (χ2n) is 6.71. The molecule has 1 N–H and O–H groups in total. The number of carboxylic acid groups (broad SMARTS) is 1. The SMILES string of the molecule is O=C(O)N1CCC2(CC1)CC(COc1cccc(C(F)(F)F)n1)C2. The van der Waals surface area contributed by atoms with Gasteiger partial charge >= 0.3 is 12.3 Å². The molecule has 0 aromatic carbocycles. The van der Waals surface area contributed by atoms with Crippen LogP contribution < -0.4 is 4.74 Å². The van der Waals surface area contributed by atoms with Crippen LogP contribution in [0.15, 0.2) is 18.2 Å². The molecular weight excluding hydrogens is 325 g/mol. The standard InChI is InChI=1S/C16H19F3N2O3/c17-16(18,19)12-2-1-3-13(20-12)24-10-11-8-15(9-11)4-6-21(7-5-15)14(22)23/h1-3,11H,4-10H2,(H,22,23). The Kier molecular flexibility index (Phi) is 4.31. The number of hydrogen-bond acceptors (Lipinski definition) is 3. The Morgan fingerprint density at radius 2 is 2.00 bits per heavy atom. The van der Waals surface area contributed by atoms with Crippen LogP contribution >= 0.6 is 0 Å². The largest absolute Gasteiger partial charge is 0.477 e. The van der Waals surface area contributed by atoms with E-state index in [9.17, 15) is 18.0 Å². The van der Waals surface area contributed by atoms with Crippen LogP contribution in [0.5, 0.6) is 5.88 Å². The first-order chi connectivity index (χ1) is 11.3. The third-order valence-electron chi connectivity index (χ3n) is 5.02. The van der Waals surface area contributed by atoms with Crippen molar-refractivity contribution >= 4 is 6.09 Å². The van der Waals surface area contributed by atoms with Crippen molar-refractivity contribution in [2.75, 3.05) is 19.7 Å². The summed E-state index contributed by atoms with van der Waals surface area (Å²) in [5.74, 6) is 0.282. The fourth-order valence-corrected chi connectivity index (χ4v) is 3.72. The summed E-state index contributed by atoms with van der Waals surface area (Å²) in [6, 6.07) is 3.63. The van der Waals surface area contributed by atoms with Gasteiger partial charge in [-0.25, -0.2) is 9.78 Å². The van der Waals surface area contributed by atoms with Gasteiger partial charge in [0.25, 0.3) is 0 Å². The quantitative estimate of drug-likeness (QED) is 0.909. The maximum absolute atomic E-state index is 12.6. The number of rotatable bonds is 3. The summed E-state index contributed by atoms with van der Waals surface area (Å²) >= 11 is 0. The predicted molar refractivity (Wildman–Crippen MR) is 78.7 cm³/mol. The molecule has 1 amide bonds. The molecule has 1 saturated carbocycles. The first-order valence-electron chi connectivity index (χ1n) is 7.92. The van der Waals surface area contributed by atoms with Crippen molar-refractivity contribution in [1.82, 2.24) is 9.88 Å². The van der Waals surface area contributed by atoms with Gasteiger partial charge in [-0.1, -0.05) is 6.07 Å². The van der Waals surface area contributed by atoms with Crippen molar-refractivity contribution in [2.24, 2.45) is 11.3 Å². The molecule has 3 rings (SSSR count). The summed E-state index contributed by atoms with van der Waals surface area (Å²) in [6.45, 7) is 1.45. The molecule has 1 spiro atoms. The highest BCUT2D eigenvalue weighted by Gasteiger charge is 2.46. The smallest absolute Gasteiger partial charge is 0.433 e. The van der Waals surface area contributed by atoms with Gasteiger partial charge in [-0.05, 0) is 43.1 Å². The Labute approximate surface area is 137 Å². The summed E-state index contributed by atoms with van der Waals surface area (Å²) in [5, 5.41) is 8.96. The number of pyridine rings is 1. The lowest BCUT2D eigenvalue weighted by Gasteiger charge is -2.51. The molecule has 1 aromatic rings. The van der Waals surface area contributed by atoms with Gasteiger partial charge in [-0.2, -0.15) is 13.2 Å². The van der Waals surface area contributed by atoms with Crippen LogP contribution in [0.1, 0.15) is 31.4 Å². The fraction of sp³-hybridized carbons (Fsp3) is 0.625. The number of carbonyl (C=O) groups is 1. The third-order valence-corrected chi connectivity index (χ3v) is 5.02. The number of alkyl halides is 3. The number of aromatic nitrogens is 1. The van der Waals surface area contributed by atoms with Crippen LogP contribution in [-0.2, 0) is 6.18 Å². The number of nitrogens with zero attached hydrogens (tertiary/aromatic N) is 2. The molecule has 1 aromatic heterocycles. The zero-order valence-electron chi connectivity index (χ0n) is 13.1. The number of likely N-dealkylation sites (tertiary alicyclic amines) is 1. The van der Waals surface area contributed by atoms with Crippen molar-refractivity contribution in [2.45, 2.75) is 31.9 Å². The van der Waals surface area contributed by atoms with Crippen molar-refractivity contribution in [3.05, 3.63) is 23.9 Å². The average molecular weight is 344 g/mol. The minimum atomic E-state index is -4.47. The van der Waals surface area contributed by atoms with Crippen LogP contribution in [0, 0.1) is 11.3 Å². The number of ether oxygens (including phenoxy) is 1. The number of piperidine rings is 1. The normalized spacial score (nSPS) is 20.7. The molecule has 1 saturated heterocycles. The van der Waals surface area contributed by atoms with Crippen molar-refractivity contribution < 1.29 is 27.8 Å². The molecule has 5 nitrogen and oxygen atoms in total. The van der Waals surface area contributed by atoms with Gasteiger partial charge in [-0.3, -0.25) is 0 Å². The molecule has 24 heavy (non-hydrogen) atoms. The number of amides is 1. The summed E-state index contributed by atoms with van der Waals surface area (Å²) in [4.78, 5) is 15.8. The molecule has 8 heteroatoms. The third kappa shape index (κ3) is 3.57. The molecule has 0 unspecified atom stereocenters. The van der Waals surface area contributed by atoms with Crippen LogP contribution in [0.3, 0.4) is 0 Å². The maximum Gasteiger partial charge on any atom is 0.433 e. The summed E-state index contributed by atoms with van der Waals surface area (Å²) < 4.78 is 43.2. The van der Waals surface area contributed by atoms with Crippen LogP contribution in [-0.4, -0.2) is 40.8 Å². The second-order valence-corrected chi connectivity index (χ2v) is 6.71. The Balaban J connectivity index is 1.46. The van der Waals surface area contributed by atoms with Gasteiger partial charge < -0.3 is 14.7 Å². The van der Waals surface area contributed by atoms with E-state index < -0.39 is 18.0 Å². The molecule has 2 heterocycles. The van der Waals surface area contributed by atoms with Crippen LogP contribution in [0.2, 0.25) is 0 Å². The number of halogens is 3. The zero-order valence-corrected chi connectivity index (χ0v) is 13.1. The number of hydrogen-bond donors (Lipinski definition) is 1. The van der Waals surface area contributed by atoms with E-state index in [0.717, 1.165) is 31.7 Å². The van der Waals surface area contributed by atoms with Crippen molar-refractivity contribution in [1.29, 1.82) is 0 Å². The van der Waals surface area contributed by atoms with Gasteiger partial charge in [0.1, 0.15) is 5.69 Å². The van der Waals surface area contributed by atoms with Gasteiger partial charge in [0, 0.05) is 19.2 Å². The molecule has 2 fully saturated rings. The molecule has 2 aliphatic rings. The molecule has 0 radical (unpaired) electrons. The van der Waals surface area contributed by atoms with Crippen molar-refractivity contribution in [3.63, 3.8) is 0 Å². The van der Waals surface area contributed by atoms with E-state index in [1.807, 2.05) is 0 Å². The van der Waals surface area contributed by atoms with E-state index in [1.165, 1.54) is 17.0 Å². The Bertz CT molecular complexity index is 605. The monoisotopic (exact) mass is 344 g/mol. The summed E-state index contributed by atoms with van der Waals surface area (Å²) in [7, 11) is 0. The van der Waals surface area contributed by atoms with Gasteiger partial charge in [0.05, 0.1) is 6.61 Å². The Hall–Kier alpha value is -1.99. The van der Waals surface area contributed by atoms with Crippen LogP contribution in [0.25, 0.3) is 0 Å². The van der Waals surface area contributed by atoms with E-state index in [1.54, 1.807) is 0 Å². The topological polar surface area (TPSA) is 62.7 Å². The van der Waals surface area contributed by atoms with E-state index in [4.69, 9.17) is 9.84 Å². The molecular formula is C16H19F3N2O3. The van der Waals surface area contributed by atoms with E-state index in [0.29, 0.717) is 19.7 Å². The van der Waals surface area contributed by atoms with E-state index in [-0.39, 0.29) is 17.2 Å². The van der Waals surface area contributed by atoms with E-state index >= 15 is 0 Å². The summed E-state index contributed by atoms with van der Waals surface area (Å²) in [6.07, 6.45) is -1.80. The van der Waals surface area contributed by atoms with E-state index in [2.05, 4.69) is 4.98 Å². The van der Waals surface area contributed by atoms with Gasteiger partial charge in [0.2, 0.25) is 5.88 Å². The second kappa shape index (κ2) is 6.14. The van der Waals surface area contributed by atoms with Crippen LogP contribution in [0.4, 0.5) is 18.0 Å². The fourth-order valence-electron chi connectivity index (χ4n) is 3.72. The van der Waals surface area contributed by atoms with Crippen molar-refractivity contribution in [3.8, 4) is 5.88 Å². The van der Waals surface area contributed by atoms with Gasteiger partial charge in [0.15, 0.2) is 0 Å². The minimum absolute atomic E-state index is 0.00790. The maximum atomic E-state index is 12.6. The van der Waals surface area contributed by atoms with Gasteiger partial charge in [-0.15, -0.1) is 0 Å². The molecule has 0 atom stereocenters. The zero-order chi connectivity index (χ0) is 17.4. The lowest BCUT2D eigenvalue weighted by atomic mass is 9.58. The predicted octanol–water partition coefficient (Wildman–Crippen LogP) is 3.65. The lowest BCUT2D eigenvalue weighted by Crippen LogP contribution is -2.49. The lowest BCUT2D eigenvalue weighted by molar-refractivity contribution is -0.141. The Morgan fingerprint density at radius 1 is 1.33 bits per heavy atom. The molecule has 0 bridgehead atoms. The minimum Gasteiger partial charge on any atom is -0.477 e. The Morgan fingerprint density at radius 3 is 2.58 bits per heavy atom. The highest BCUT2D eigenvalue weighted by atomic mass is 19.4. The highest BCUT2D eigenvalue weighted by Crippen LogP contribution is 2.52. The molecule has 1 aliphatic heterocycles.